The molecule has 0 fully saturated rings. The molecule has 2 N–H and O–H groups in total. The van der Waals surface area contributed by atoms with Gasteiger partial charge in [-0.05, 0) is 42.0 Å². The summed E-state index contributed by atoms with van der Waals surface area (Å²) >= 11 is 5.76. The molecule has 1 amide bonds. The van der Waals surface area contributed by atoms with Crippen molar-refractivity contribution in [1.29, 1.82) is 0 Å². The Hall–Kier alpha value is -2.04. The minimum atomic E-state index is -0.262. The summed E-state index contributed by atoms with van der Waals surface area (Å²) in [5.41, 5.74) is 1.40. The quantitative estimate of drug-likeness (QED) is 0.890. The van der Waals surface area contributed by atoms with Crippen LogP contribution in [0.3, 0.4) is 0 Å². The Morgan fingerprint density at radius 1 is 1.20 bits per heavy atom. The molecule has 2 aromatic carbocycles. The van der Waals surface area contributed by atoms with E-state index in [-0.39, 0.29) is 19.1 Å². The SMILES string of the molecule is O=C(COc1cccc(CO)c1)Nc1ccc(Cl)cc1. The summed E-state index contributed by atoms with van der Waals surface area (Å²) in [6.45, 7) is -0.161. The molecule has 0 bridgehead atoms. The lowest BCUT2D eigenvalue weighted by Gasteiger charge is -2.08. The number of anilines is 1. The van der Waals surface area contributed by atoms with Gasteiger partial charge < -0.3 is 15.2 Å². The van der Waals surface area contributed by atoms with Gasteiger partial charge in [-0.3, -0.25) is 4.79 Å². The number of amides is 1. The fourth-order valence-electron chi connectivity index (χ4n) is 1.61. The van der Waals surface area contributed by atoms with Crippen molar-refractivity contribution in [2.75, 3.05) is 11.9 Å². The zero-order valence-electron chi connectivity index (χ0n) is 10.7. The first kappa shape index (κ1) is 14.4. The Kier molecular flexibility index (Phi) is 4.98. The molecule has 4 nitrogen and oxygen atoms in total. The molecule has 2 aromatic rings. The number of aliphatic hydroxyl groups excluding tert-OH is 1. The van der Waals surface area contributed by atoms with Gasteiger partial charge in [0.15, 0.2) is 6.61 Å². The summed E-state index contributed by atoms with van der Waals surface area (Å²) < 4.78 is 5.36. The second kappa shape index (κ2) is 6.93. The lowest BCUT2D eigenvalue weighted by Crippen LogP contribution is -2.20. The number of halogens is 1. The third-order valence-electron chi connectivity index (χ3n) is 2.58. The van der Waals surface area contributed by atoms with Crippen LogP contribution in [-0.4, -0.2) is 17.6 Å². The van der Waals surface area contributed by atoms with E-state index in [0.29, 0.717) is 16.5 Å². The average molecular weight is 292 g/mol. The Balaban J connectivity index is 1.87. The van der Waals surface area contributed by atoms with Gasteiger partial charge in [0.2, 0.25) is 0 Å². The molecular weight excluding hydrogens is 278 g/mol. The van der Waals surface area contributed by atoms with E-state index in [1.807, 2.05) is 0 Å². The minimum absolute atomic E-state index is 0.0613. The van der Waals surface area contributed by atoms with Gasteiger partial charge in [0, 0.05) is 10.7 Å². The van der Waals surface area contributed by atoms with Crippen LogP contribution in [0.5, 0.6) is 5.75 Å². The van der Waals surface area contributed by atoms with Crippen LogP contribution in [0.2, 0.25) is 5.02 Å². The van der Waals surface area contributed by atoms with Gasteiger partial charge in [0.1, 0.15) is 5.75 Å². The number of benzene rings is 2. The van der Waals surface area contributed by atoms with Gasteiger partial charge in [-0.15, -0.1) is 0 Å². The van der Waals surface area contributed by atoms with Crippen LogP contribution < -0.4 is 10.1 Å². The summed E-state index contributed by atoms with van der Waals surface area (Å²) in [6.07, 6.45) is 0. The van der Waals surface area contributed by atoms with Crippen molar-refractivity contribution >= 4 is 23.2 Å². The zero-order chi connectivity index (χ0) is 14.4. The van der Waals surface area contributed by atoms with Crippen LogP contribution in [-0.2, 0) is 11.4 Å². The average Bonchev–Trinajstić information content (AvgIpc) is 2.48. The molecule has 0 aromatic heterocycles. The molecule has 0 spiro atoms. The number of hydrogen-bond acceptors (Lipinski definition) is 3. The molecule has 0 heterocycles. The number of nitrogens with one attached hydrogen (secondary N) is 1. The highest BCUT2D eigenvalue weighted by Gasteiger charge is 2.04. The smallest absolute Gasteiger partial charge is 0.262 e. The highest BCUT2D eigenvalue weighted by atomic mass is 35.5. The Bertz CT molecular complexity index is 584. The third-order valence-corrected chi connectivity index (χ3v) is 2.83. The van der Waals surface area contributed by atoms with Crippen molar-refractivity contribution in [3.05, 3.63) is 59.1 Å². The second-order valence-corrected chi connectivity index (χ2v) is 4.59. The molecule has 0 atom stereocenters. The van der Waals surface area contributed by atoms with E-state index >= 15 is 0 Å². The first-order chi connectivity index (χ1) is 9.67. The van der Waals surface area contributed by atoms with Crippen LogP contribution >= 0.6 is 11.6 Å². The van der Waals surface area contributed by atoms with E-state index < -0.39 is 0 Å². The first-order valence-electron chi connectivity index (χ1n) is 6.05. The number of hydrogen-bond donors (Lipinski definition) is 2. The van der Waals surface area contributed by atoms with Crippen LogP contribution in [0, 0.1) is 0 Å². The molecule has 104 valence electrons. The van der Waals surface area contributed by atoms with Crippen molar-refractivity contribution in [3.63, 3.8) is 0 Å². The van der Waals surface area contributed by atoms with Crippen molar-refractivity contribution in [3.8, 4) is 5.75 Å². The maximum Gasteiger partial charge on any atom is 0.262 e. The topological polar surface area (TPSA) is 58.6 Å². The molecule has 20 heavy (non-hydrogen) atoms. The van der Waals surface area contributed by atoms with Gasteiger partial charge in [-0.1, -0.05) is 23.7 Å². The largest absolute Gasteiger partial charge is 0.484 e. The summed E-state index contributed by atoms with van der Waals surface area (Å²) in [5.74, 6) is 0.282. The fourth-order valence-corrected chi connectivity index (χ4v) is 1.74. The van der Waals surface area contributed by atoms with Crippen molar-refractivity contribution in [2.24, 2.45) is 0 Å². The molecule has 0 aliphatic rings. The fraction of sp³-hybridized carbons (Fsp3) is 0.133. The van der Waals surface area contributed by atoms with E-state index in [0.717, 1.165) is 5.56 Å². The number of carbonyl (C=O) groups is 1. The Morgan fingerprint density at radius 3 is 2.65 bits per heavy atom. The normalized spacial score (nSPS) is 10.1. The molecule has 2 rings (SSSR count). The third kappa shape index (κ3) is 4.26. The van der Waals surface area contributed by atoms with Gasteiger partial charge >= 0.3 is 0 Å². The van der Waals surface area contributed by atoms with Crippen molar-refractivity contribution in [1.82, 2.24) is 0 Å². The molecule has 0 saturated heterocycles. The predicted octanol–water partition coefficient (Wildman–Crippen LogP) is 2.85. The summed E-state index contributed by atoms with van der Waals surface area (Å²) in [5, 5.41) is 12.3. The summed E-state index contributed by atoms with van der Waals surface area (Å²) in [6, 6.07) is 13.8. The number of carbonyl (C=O) groups excluding carboxylic acids is 1. The van der Waals surface area contributed by atoms with E-state index in [4.69, 9.17) is 21.4 Å². The molecule has 5 heteroatoms. The van der Waals surface area contributed by atoms with Crippen molar-refractivity contribution < 1.29 is 14.6 Å². The van der Waals surface area contributed by atoms with Crippen LogP contribution in [0.4, 0.5) is 5.69 Å². The molecule has 0 saturated carbocycles. The first-order valence-corrected chi connectivity index (χ1v) is 6.43. The maximum atomic E-state index is 11.7. The highest BCUT2D eigenvalue weighted by Crippen LogP contribution is 2.15. The van der Waals surface area contributed by atoms with E-state index in [2.05, 4.69) is 5.32 Å². The highest BCUT2D eigenvalue weighted by molar-refractivity contribution is 6.30. The molecule has 0 aliphatic carbocycles. The summed E-state index contributed by atoms with van der Waals surface area (Å²) in [4.78, 5) is 11.7. The summed E-state index contributed by atoms with van der Waals surface area (Å²) in [7, 11) is 0. The number of rotatable bonds is 5. The van der Waals surface area contributed by atoms with Gasteiger partial charge in [-0.25, -0.2) is 0 Å². The van der Waals surface area contributed by atoms with E-state index in [9.17, 15) is 4.79 Å². The molecule has 0 unspecified atom stereocenters. The van der Waals surface area contributed by atoms with Gasteiger partial charge in [0.25, 0.3) is 5.91 Å². The van der Waals surface area contributed by atoms with E-state index in [1.165, 1.54) is 0 Å². The van der Waals surface area contributed by atoms with Crippen LogP contribution in [0.1, 0.15) is 5.56 Å². The number of aliphatic hydroxyl groups is 1. The standard InChI is InChI=1S/C15H14ClNO3/c16-12-4-6-13(7-5-12)17-15(19)10-20-14-3-1-2-11(8-14)9-18/h1-8,18H,9-10H2,(H,17,19). The van der Waals surface area contributed by atoms with Gasteiger partial charge in [-0.2, -0.15) is 0 Å². The molecule has 0 aliphatic heterocycles. The van der Waals surface area contributed by atoms with Crippen LogP contribution in [0.25, 0.3) is 0 Å². The monoisotopic (exact) mass is 291 g/mol. The second-order valence-electron chi connectivity index (χ2n) is 4.15. The van der Waals surface area contributed by atoms with E-state index in [1.54, 1.807) is 48.5 Å². The number of ether oxygens (including phenoxy) is 1. The zero-order valence-corrected chi connectivity index (χ0v) is 11.4. The lowest BCUT2D eigenvalue weighted by molar-refractivity contribution is -0.118. The predicted molar refractivity (Wildman–Crippen MR) is 77.9 cm³/mol. The molecular formula is C15H14ClNO3. The van der Waals surface area contributed by atoms with Crippen molar-refractivity contribution in [2.45, 2.75) is 6.61 Å². The Morgan fingerprint density at radius 2 is 1.95 bits per heavy atom. The van der Waals surface area contributed by atoms with Crippen LogP contribution in [0.15, 0.2) is 48.5 Å². The minimum Gasteiger partial charge on any atom is -0.484 e. The van der Waals surface area contributed by atoms with Gasteiger partial charge in [0.05, 0.1) is 6.61 Å². The lowest BCUT2D eigenvalue weighted by atomic mass is 10.2. The Labute approximate surface area is 122 Å². The molecule has 0 radical (unpaired) electrons. The maximum absolute atomic E-state index is 11.7.